The van der Waals surface area contributed by atoms with Gasteiger partial charge in [0.2, 0.25) is 5.87 Å². The van der Waals surface area contributed by atoms with Crippen LogP contribution in [-0.2, 0) is 0 Å². The predicted octanol–water partition coefficient (Wildman–Crippen LogP) is 2.63. The van der Waals surface area contributed by atoms with Crippen LogP contribution in [0, 0.1) is 0 Å². The lowest BCUT2D eigenvalue weighted by Crippen LogP contribution is -2.14. The molecule has 0 aromatic heterocycles. The van der Waals surface area contributed by atoms with Gasteiger partial charge in [0.25, 0.3) is 7.28 Å². The van der Waals surface area contributed by atoms with Gasteiger partial charge in [-0.2, -0.15) is 0 Å². The molecule has 1 N–H and O–H groups in total. The molecule has 1 aliphatic carbocycles. The number of carbonyl (C=O) groups is 1. The van der Waals surface area contributed by atoms with E-state index in [0.29, 0.717) is 13.1 Å². The van der Waals surface area contributed by atoms with Crippen molar-refractivity contribution in [1.29, 1.82) is 0 Å². The van der Waals surface area contributed by atoms with Gasteiger partial charge >= 0.3 is 0 Å². The van der Waals surface area contributed by atoms with Gasteiger partial charge in [-0.1, -0.05) is 50.8 Å². The summed E-state index contributed by atoms with van der Waals surface area (Å²) in [4.78, 5) is 10.5. The van der Waals surface area contributed by atoms with Crippen LogP contribution in [0.5, 0.6) is 0 Å². The zero-order valence-corrected chi connectivity index (χ0v) is 7.59. The maximum atomic E-state index is 10.5. The molecule has 0 aromatic rings. The molecular formula is C9H17BO2. The minimum Gasteiger partial charge on any atom is -0.489 e. The van der Waals surface area contributed by atoms with Crippen molar-refractivity contribution >= 4 is 13.1 Å². The van der Waals surface area contributed by atoms with Crippen molar-refractivity contribution in [1.82, 2.24) is 0 Å². The SMILES string of the molecule is O=C(O)BC1CCCCCCC1. The fraction of sp³-hybridized carbons (Fsp3) is 0.889. The molecule has 1 fully saturated rings. The van der Waals surface area contributed by atoms with Crippen LogP contribution in [0.3, 0.4) is 0 Å². The Bertz CT molecular complexity index is 139. The minimum absolute atomic E-state index is 0.389. The Morgan fingerprint density at radius 3 is 2.08 bits per heavy atom. The van der Waals surface area contributed by atoms with E-state index < -0.39 is 5.87 Å². The molecule has 0 heterocycles. The average Bonchev–Trinajstić information content (AvgIpc) is 1.93. The first-order chi connectivity index (χ1) is 5.79. The smallest absolute Gasteiger partial charge is 0.263 e. The van der Waals surface area contributed by atoms with Gasteiger partial charge in [0.05, 0.1) is 0 Å². The molecule has 12 heavy (non-hydrogen) atoms. The molecule has 0 aromatic carbocycles. The maximum absolute atomic E-state index is 10.5. The second-order valence-electron chi connectivity index (χ2n) is 3.81. The first-order valence-corrected chi connectivity index (χ1v) is 5.01. The lowest BCUT2D eigenvalue weighted by atomic mass is 9.60. The third-order valence-electron chi connectivity index (χ3n) is 2.69. The summed E-state index contributed by atoms with van der Waals surface area (Å²) >= 11 is 0. The third kappa shape index (κ3) is 3.79. The van der Waals surface area contributed by atoms with Gasteiger partial charge in [0, 0.05) is 0 Å². The zero-order valence-electron chi connectivity index (χ0n) is 7.59. The van der Waals surface area contributed by atoms with Crippen molar-refractivity contribution in [3.8, 4) is 0 Å². The van der Waals surface area contributed by atoms with Crippen LogP contribution in [0.1, 0.15) is 44.9 Å². The Morgan fingerprint density at radius 1 is 1.08 bits per heavy atom. The summed E-state index contributed by atoms with van der Waals surface area (Å²) in [7, 11) is 0.389. The highest BCUT2D eigenvalue weighted by atomic mass is 16.4. The number of hydrogen-bond acceptors (Lipinski definition) is 1. The molecular weight excluding hydrogens is 151 g/mol. The van der Waals surface area contributed by atoms with Crippen molar-refractivity contribution in [2.75, 3.05) is 0 Å². The molecule has 0 atom stereocenters. The molecule has 1 saturated carbocycles. The monoisotopic (exact) mass is 168 g/mol. The highest BCUT2D eigenvalue weighted by molar-refractivity contribution is 6.72. The highest BCUT2D eigenvalue weighted by Gasteiger charge is 2.16. The molecule has 0 aliphatic heterocycles. The van der Waals surface area contributed by atoms with Crippen molar-refractivity contribution < 1.29 is 9.90 Å². The summed E-state index contributed by atoms with van der Waals surface area (Å²) in [6.45, 7) is 0. The number of hydrogen-bond donors (Lipinski definition) is 1. The second-order valence-corrected chi connectivity index (χ2v) is 3.81. The van der Waals surface area contributed by atoms with Crippen molar-refractivity contribution in [3.05, 3.63) is 0 Å². The minimum atomic E-state index is -0.624. The average molecular weight is 168 g/mol. The quantitative estimate of drug-likeness (QED) is 0.643. The standard InChI is InChI=1S/C9H17BO2/c11-9(12)10-8-6-4-2-1-3-5-7-8/h8,10H,1-7H2,(H,11,12). The van der Waals surface area contributed by atoms with E-state index in [1.54, 1.807) is 0 Å². The van der Waals surface area contributed by atoms with Crippen LogP contribution in [0.4, 0.5) is 4.79 Å². The fourth-order valence-corrected chi connectivity index (χ4v) is 1.99. The summed E-state index contributed by atoms with van der Waals surface area (Å²) in [5.74, 6) is -0.164. The van der Waals surface area contributed by atoms with Gasteiger partial charge in [-0.3, -0.25) is 4.79 Å². The van der Waals surface area contributed by atoms with Crippen LogP contribution in [0.15, 0.2) is 0 Å². The second kappa shape index (κ2) is 5.23. The first-order valence-electron chi connectivity index (χ1n) is 5.01. The van der Waals surface area contributed by atoms with Crippen molar-refractivity contribution in [3.63, 3.8) is 0 Å². The zero-order chi connectivity index (χ0) is 8.81. The lowest BCUT2D eigenvalue weighted by molar-refractivity contribution is 0.219. The highest BCUT2D eigenvalue weighted by Crippen LogP contribution is 2.25. The van der Waals surface area contributed by atoms with E-state index in [1.807, 2.05) is 0 Å². The molecule has 0 radical (unpaired) electrons. The molecule has 0 amide bonds. The van der Waals surface area contributed by atoms with Crippen LogP contribution >= 0.6 is 0 Å². The molecule has 0 saturated heterocycles. The van der Waals surface area contributed by atoms with Gasteiger partial charge in [0.1, 0.15) is 0 Å². The summed E-state index contributed by atoms with van der Waals surface area (Å²) in [5, 5.41) is 8.63. The third-order valence-corrected chi connectivity index (χ3v) is 2.69. The summed E-state index contributed by atoms with van der Waals surface area (Å²) in [6.07, 6.45) is 8.68. The van der Waals surface area contributed by atoms with Gasteiger partial charge in [-0.25, -0.2) is 0 Å². The van der Waals surface area contributed by atoms with Crippen LogP contribution < -0.4 is 0 Å². The van der Waals surface area contributed by atoms with Crippen LogP contribution in [-0.4, -0.2) is 18.3 Å². The maximum Gasteiger partial charge on any atom is 0.263 e. The van der Waals surface area contributed by atoms with E-state index >= 15 is 0 Å². The van der Waals surface area contributed by atoms with Crippen molar-refractivity contribution in [2.45, 2.75) is 50.8 Å². The molecule has 0 bridgehead atoms. The summed E-state index contributed by atoms with van der Waals surface area (Å²) < 4.78 is 0. The van der Waals surface area contributed by atoms with E-state index in [4.69, 9.17) is 5.11 Å². The topological polar surface area (TPSA) is 37.3 Å². The van der Waals surface area contributed by atoms with Gasteiger partial charge in [-0.15, -0.1) is 0 Å². The Kier molecular flexibility index (Phi) is 4.19. The van der Waals surface area contributed by atoms with Crippen LogP contribution in [0.2, 0.25) is 5.82 Å². The van der Waals surface area contributed by atoms with Gasteiger partial charge in [-0.05, 0) is 0 Å². The number of rotatable bonds is 2. The van der Waals surface area contributed by atoms with Gasteiger partial charge in [0.15, 0.2) is 0 Å². The van der Waals surface area contributed by atoms with E-state index in [0.717, 1.165) is 12.8 Å². The molecule has 0 spiro atoms. The first kappa shape index (κ1) is 9.62. The lowest BCUT2D eigenvalue weighted by Gasteiger charge is -2.16. The largest absolute Gasteiger partial charge is 0.489 e. The molecule has 0 unspecified atom stereocenters. The molecule has 3 heteroatoms. The van der Waals surface area contributed by atoms with Crippen molar-refractivity contribution in [2.24, 2.45) is 0 Å². The molecule has 68 valence electrons. The predicted molar refractivity (Wildman–Crippen MR) is 51.2 cm³/mol. The van der Waals surface area contributed by atoms with E-state index in [1.165, 1.54) is 32.1 Å². The van der Waals surface area contributed by atoms with E-state index in [-0.39, 0.29) is 0 Å². The molecule has 2 nitrogen and oxygen atoms in total. The van der Waals surface area contributed by atoms with E-state index in [9.17, 15) is 4.79 Å². The Labute approximate surface area is 74.6 Å². The molecule has 1 aliphatic rings. The Balaban J connectivity index is 2.24. The number of carboxylic acid groups (broad SMARTS) is 1. The van der Waals surface area contributed by atoms with E-state index in [2.05, 4.69) is 0 Å². The fourth-order valence-electron chi connectivity index (χ4n) is 1.99. The Morgan fingerprint density at radius 2 is 1.58 bits per heavy atom. The Hall–Kier alpha value is -0.465. The van der Waals surface area contributed by atoms with Crippen LogP contribution in [0.25, 0.3) is 0 Å². The van der Waals surface area contributed by atoms with Gasteiger partial charge < -0.3 is 5.11 Å². The summed E-state index contributed by atoms with van der Waals surface area (Å²) in [5.41, 5.74) is 0. The summed E-state index contributed by atoms with van der Waals surface area (Å²) in [6, 6.07) is 0. The normalized spacial score (nSPS) is 21.0. The molecule has 1 rings (SSSR count).